The van der Waals surface area contributed by atoms with Gasteiger partial charge < -0.3 is 10.3 Å². The first kappa shape index (κ1) is 14.2. The number of anilines is 1. The van der Waals surface area contributed by atoms with Gasteiger partial charge >= 0.3 is 29.6 Å². The van der Waals surface area contributed by atoms with Crippen molar-refractivity contribution in [3.8, 4) is 0 Å². The van der Waals surface area contributed by atoms with Gasteiger partial charge in [-0.05, 0) is 24.6 Å². The van der Waals surface area contributed by atoms with Gasteiger partial charge in [-0.3, -0.25) is 0 Å². The molecule has 0 saturated carbocycles. The number of nitrogen functional groups attached to an aromatic ring is 1. The van der Waals surface area contributed by atoms with Crippen molar-refractivity contribution in [1.82, 2.24) is 0 Å². The molecule has 7 heteroatoms. The molecule has 0 bridgehead atoms. The molecule has 72 valence electrons. The summed E-state index contributed by atoms with van der Waals surface area (Å²) >= 11 is 5.56. The summed E-state index contributed by atoms with van der Waals surface area (Å²) in [6.45, 7) is 1.70. The summed E-state index contributed by atoms with van der Waals surface area (Å²) in [6.07, 6.45) is 0. The summed E-state index contributed by atoms with van der Waals surface area (Å²) in [7, 11) is -4.59. The molecule has 0 unspecified atom stereocenters. The fraction of sp³-hybridized carbons (Fsp3) is 0.143. The van der Waals surface area contributed by atoms with E-state index in [4.69, 9.17) is 17.3 Å². The zero-order chi connectivity index (χ0) is 10.2. The topological polar surface area (TPSA) is 83.2 Å². The van der Waals surface area contributed by atoms with Gasteiger partial charge in [-0.25, -0.2) is 8.42 Å². The second-order valence-corrected chi connectivity index (χ2v) is 4.34. The molecule has 1 aromatic carbocycles. The molecule has 0 radical (unpaired) electrons. The third kappa shape index (κ3) is 3.12. The van der Waals surface area contributed by atoms with E-state index in [0.29, 0.717) is 5.56 Å². The first-order valence-electron chi connectivity index (χ1n) is 3.34. The summed E-state index contributed by atoms with van der Waals surface area (Å²) in [5.41, 5.74) is 5.94. The molecule has 14 heavy (non-hydrogen) atoms. The maximum Gasteiger partial charge on any atom is 1.00 e. The van der Waals surface area contributed by atoms with Crippen LogP contribution in [0.1, 0.15) is 5.56 Å². The minimum absolute atomic E-state index is 0. The van der Waals surface area contributed by atoms with Crippen molar-refractivity contribution in [2.24, 2.45) is 0 Å². The van der Waals surface area contributed by atoms with Crippen LogP contribution < -0.4 is 35.3 Å². The smallest absolute Gasteiger partial charge is 0.744 e. The van der Waals surface area contributed by atoms with Gasteiger partial charge in [0.05, 0.1) is 15.6 Å². The molecular formula is C7H7ClNNaO3S. The Bertz CT molecular complexity index is 423. The molecule has 1 aromatic rings. The van der Waals surface area contributed by atoms with Crippen LogP contribution in [0.25, 0.3) is 0 Å². The number of aryl methyl sites for hydroxylation is 1. The molecule has 0 heterocycles. The van der Waals surface area contributed by atoms with Crippen LogP contribution in [0.2, 0.25) is 5.02 Å². The summed E-state index contributed by atoms with van der Waals surface area (Å²) in [4.78, 5) is -0.542. The third-order valence-electron chi connectivity index (χ3n) is 1.47. The van der Waals surface area contributed by atoms with E-state index < -0.39 is 15.0 Å². The average Bonchev–Trinajstić information content (AvgIpc) is 1.78. The van der Waals surface area contributed by atoms with Gasteiger partial charge in [0, 0.05) is 0 Å². The van der Waals surface area contributed by atoms with E-state index in [1.165, 1.54) is 12.1 Å². The van der Waals surface area contributed by atoms with E-state index in [9.17, 15) is 13.0 Å². The zero-order valence-corrected chi connectivity index (χ0v) is 11.3. The molecular weight excluding hydrogens is 237 g/mol. The molecule has 0 atom stereocenters. The van der Waals surface area contributed by atoms with Gasteiger partial charge in [-0.2, -0.15) is 0 Å². The Morgan fingerprint density at radius 3 is 2.29 bits per heavy atom. The number of halogens is 1. The fourth-order valence-electron chi connectivity index (χ4n) is 1.02. The molecule has 0 fully saturated rings. The SMILES string of the molecule is Cc1cc(N)c(S(=O)(=O)[O-])c(Cl)c1.[Na+]. The van der Waals surface area contributed by atoms with E-state index >= 15 is 0 Å². The van der Waals surface area contributed by atoms with Crippen molar-refractivity contribution in [2.45, 2.75) is 11.8 Å². The first-order chi connectivity index (χ1) is 5.82. The first-order valence-corrected chi connectivity index (χ1v) is 5.12. The Morgan fingerprint density at radius 1 is 1.43 bits per heavy atom. The average molecular weight is 244 g/mol. The molecule has 0 spiro atoms. The quantitative estimate of drug-likeness (QED) is 0.356. The van der Waals surface area contributed by atoms with E-state index in [2.05, 4.69) is 0 Å². The van der Waals surface area contributed by atoms with Crippen molar-refractivity contribution in [3.63, 3.8) is 0 Å². The second kappa shape index (κ2) is 4.83. The largest absolute Gasteiger partial charge is 1.00 e. The van der Waals surface area contributed by atoms with E-state index in [-0.39, 0.29) is 40.3 Å². The summed E-state index contributed by atoms with van der Waals surface area (Å²) in [5.74, 6) is 0. The zero-order valence-electron chi connectivity index (χ0n) is 7.74. The number of benzene rings is 1. The van der Waals surface area contributed by atoms with Crippen LogP contribution in [0.3, 0.4) is 0 Å². The predicted octanol–water partition coefficient (Wildman–Crippen LogP) is -1.86. The minimum Gasteiger partial charge on any atom is -0.744 e. The Kier molecular flexibility index (Phi) is 4.90. The Morgan fingerprint density at radius 2 is 1.93 bits per heavy atom. The molecule has 0 aliphatic rings. The van der Waals surface area contributed by atoms with Crippen LogP contribution in [0.4, 0.5) is 5.69 Å². The number of hydrogen-bond donors (Lipinski definition) is 1. The minimum atomic E-state index is -4.59. The number of hydrogen-bond acceptors (Lipinski definition) is 4. The van der Waals surface area contributed by atoms with Crippen LogP contribution in [-0.2, 0) is 10.1 Å². The van der Waals surface area contributed by atoms with E-state index in [1.807, 2.05) is 0 Å². The Hall–Kier alpha value is 0.220. The van der Waals surface area contributed by atoms with Crippen LogP contribution in [0.15, 0.2) is 17.0 Å². The van der Waals surface area contributed by atoms with Crippen molar-refractivity contribution >= 4 is 27.4 Å². The van der Waals surface area contributed by atoms with Gasteiger partial charge in [0.1, 0.15) is 10.1 Å². The monoisotopic (exact) mass is 243 g/mol. The van der Waals surface area contributed by atoms with Gasteiger partial charge in [0.25, 0.3) is 0 Å². The molecule has 0 aliphatic carbocycles. The van der Waals surface area contributed by atoms with Crippen LogP contribution in [0.5, 0.6) is 0 Å². The van der Waals surface area contributed by atoms with Crippen LogP contribution in [0, 0.1) is 6.92 Å². The van der Waals surface area contributed by atoms with Gasteiger partial charge in [0.2, 0.25) is 0 Å². The van der Waals surface area contributed by atoms with Crippen molar-refractivity contribution in [2.75, 3.05) is 5.73 Å². The number of nitrogens with two attached hydrogens (primary N) is 1. The standard InChI is InChI=1S/C7H8ClNO3S.Na/c1-4-2-5(8)7(6(9)3-4)13(10,11)12;/h2-3H,9H2,1H3,(H,10,11,12);/q;+1/p-1. The van der Waals surface area contributed by atoms with E-state index in [1.54, 1.807) is 6.92 Å². The predicted molar refractivity (Wildman–Crippen MR) is 48.6 cm³/mol. The Balaban J connectivity index is 0.00000169. The van der Waals surface area contributed by atoms with Gasteiger partial charge in [0.15, 0.2) is 0 Å². The molecule has 2 N–H and O–H groups in total. The van der Waals surface area contributed by atoms with Crippen molar-refractivity contribution < 1.29 is 42.5 Å². The van der Waals surface area contributed by atoms with Crippen molar-refractivity contribution in [3.05, 3.63) is 22.7 Å². The van der Waals surface area contributed by atoms with Crippen molar-refractivity contribution in [1.29, 1.82) is 0 Å². The van der Waals surface area contributed by atoms with Gasteiger partial charge in [-0.15, -0.1) is 0 Å². The third-order valence-corrected chi connectivity index (χ3v) is 2.83. The maximum atomic E-state index is 10.7. The molecule has 4 nitrogen and oxygen atoms in total. The molecule has 0 amide bonds. The summed E-state index contributed by atoms with van der Waals surface area (Å²) in [6, 6.07) is 2.76. The molecule has 0 aliphatic heterocycles. The van der Waals surface area contributed by atoms with Gasteiger partial charge in [-0.1, -0.05) is 11.6 Å². The summed E-state index contributed by atoms with van der Waals surface area (Å²) < 4.78 is 32.0. The fourth-order valence-corrected chi connectivity index (χ4v) is 2.23. The Labute approximate surface area is 109 Å². The van der Waals surface area contributed by atoms with Crippen LogP contribution in [-0.4, -0.2) is 13.0 Å². The number of rotatable bonds is 1. The summed E-state index contributed by atoms with van der Waals surface area (Å²) in [5, 5.41) is -0.132. The maximum absolute atomic E-state index is 10.7. The molecule has 0 saturated heterocycles. The second-order valence-electron chi connectivity index (χ2n) is 2.62. The molecule has 1 rings (SSSR count). The molecule has 0 aromatic heterocycles. The van der Waals surface area contributed by atoms with E-state index in [0.717, 1.165) is 0 Å². The normalized spacial score (nSPS) is 10.8. The van der Waals surface area contributed by atoms with Crippen LogP contribution >= 0.6 is 11.6 Å².